The fourth-order valence-corrected chi connectivity index (χ4v) is 3.39. The molecular formula is C21H36FIN4. The van der Waals surface area contributed by atoms with E-state index < -0.39 is 0 Å². The number of aliphatic imine (C=N–C) groups is 1. The number of unbranched alkanes of at least 4 members (excludes halogenated alkanes) is 1. The zero-order valence-corrected chi connectivity index (χ0v) is 19.6. The van der Waals surface area contributed by atoms with Crippen LogP contribution >= 0.6 is 24.0 Å². The molecule has 0 unspecified atom stereocenters. The molecular weight excluding hydrogens is 454 g/mol. The Hall–Kier alpha value is -0.890. The van der Waals surface area contributed by atoms with Crippen LogP contribution in [0.1, 0.15) is 52.0 Å². The lowest BCUT2D eigenvalue weighted by Crippen LogP contribution is -2.50. The van der Waals surface area contributed by atoms with Gasteiger partial charge in [0.05, 0.1) is 0 Å². The summed E-state index contributed by atoms with van der Waals surface area (Å²) in [6.45, 7) is 10.7. The summed E-state index contributed by atoms with van der Waals surface area (Å²) in [6, 6.07) is 7.32. The van der Waals surface area contributed by atoms with Crippen molar-refractivity contribution >= 4 is 29.9 Å². The molecule has 2 N–H and O–H groups in total. The number of rotatable bonds is 7. The van der Waals surface area contributed by atoms with Gasteiger partial charge in [-0.1, -0.05) is 39.3 Å². The molecule has 2 rings (SSSR count). The van der Waals surface area contributed by atoms with E-state index in [2.05, 4.69) is 41.3 Å². The van der Waals surface area contributed by atoms with Gasteiger partial charge in [0.25, 0.3) is 0 Å². The summed E-state index contributed by atoms with van der Waals surface area (Å²) in [5.74, 6) is 0.648. The van der Waals surface area contributed by atoms with Crippen molar-refractivity contribution in [2.75, 3.05) is 33.2 Å². The molecule has 0 bridgehead atoms. The SMILES string of the molecule is CCCCN1CCC(NC(=NC)NCC(C)(C)c2cccc(F)c2)CC1.I. The molecule has 1 aromatic carbocycles. The molecule has 0 amide bonds. The summed E-state index contributed by atoms with van der Waals surface area (Å²) in [5, 5.41) is 6.98. The topological polar surface area (TPSA) is 39.7 Å². The van der Waals surface area contributed by atoms with Gasteiger partial charge in [0.1, 0.15) is 5.82 Å². The standard InChI is InChI=1S/C21H35FN4.HI/c1-5-6-12-26-13-10-19(11-14-26)25-20(23-4)24-16-21(2,3)17-8-7-9-18(22)15-17;/h7-9,15,19H,5-6,10-14,16H2,1-4H3,(H2,23,24,25);1H. The second kappa shape index (κ2) is 11.8. The van der Waals surface area contributed by atoms with Gasteiger partial charge < -0.3 is 15.5 Å². The molecule has 27 heavy (non-hydrogen) atoms. The number of nitrogens with one attached hydrogen (secondary N) is 2. The number of hydrogen-bond donors (Lipinski definition) is 2. The molecule has 1 heterocycles. The number of likely N-dealkylation sites (tertiary alicyclic amines) is 1. The van der Waals surface area contributed by atoms with Crippen molar-refractivity contribution in [1.82, 2.24) is 15.5 Å². The van der Waals surface area contributed by atoms with Crippen LogP contribution < -0.4 is 10.6 Å². The van der Waals surface area contributed by atoms with Gasteiger partial charge in [0, 0.05) is 38.1 Å². The first-order valence-corrected chi connectivity index (χ1v) is 9.90. The van der Waals surface area contributed by atoms with E-state index in [0.717, 1.165) is 37.5 Å². The van der Waals surface area contributed by atoms with E-state index in [1.165, 1.54) is 25.5 Å². The highest BCUT2D eigenvalue weighted by atomic mass is 127. The van der Waals surface area contributed by atoms with Gasteiger partial charge >= 0.3 is 0 Å². The molecule has 0 radical (unpaired) electrons. The largest absolute Gasteiger partial charge is 0.356 e. The van der Waals surface area contributed by atoms with E-state index in [4.69, 9.17) is 0 Å². The van der Waals surface area contributed by atoms with E-state index in [9.17, 15) is 4.39 Å². The lowest BCUT2D eigenvalue weighted by Gasteiger charge is -2.33. The number of benzene rings is 1. The van der Waals surface area contributed by atoms with Crippen LogP contribution in [0.3, 0.4) is 0 Å². The Morgan fingerprint density at radius 1 is 1.30 bits per heavy atom. The average molecular weight is 490 g/mol. The third-order valence-corrected chi connectivity index (χ3v) is 5.28. The van der Waals surface area contributed by atoms with Crippen molar-refractivity contribution in [2.24, 2.45) is 4.99 Å². The molecule has 0 aromatic heterocycles. The molecule has 1 aromatic rings. The quantitative estimate of drug-likeness (QED) is 0.343. The number of piperidine rings is 1. The van der Waals surface area contributed by atoms with Gasteiger partial charge in [-0.15, -0.1) is 24.0 Å². The second-order valence-electron chi connectivity index (χ2n) is 7.93. The summed E-state index contributed by atoms with van der Waals surface area (Å²) in [4.78, 5) is 6.93. The van der Waals surface area contributed by atoms with Crippen LogP contribution in [0.15, 0.2) is 29.3 Å². The number of guanidine groups is 1. The summed E-state index contributed by atoms with van der Waals surface area (Å²) < 4.78 is 13.5. The summed E-state index contributed by atoms with van der Waals surface area (Å²) in [6.07, 6.45) is 4.85. The highest BCUT2D eigenvalue weighted by molar-refractivity contribution is 14.0. The van der Waals surface area contributed by atoms with Crippen molar-refractivity contribution in [2.45, 2.75) is 57.9 Å². The molecule has 0 atom stereocenters. The summed E-state index contributed by atoms with van der Waals surface area (Å²) in [5.41, 5.74) is 0.813. The highest BCUT2D eigenvalue weighted by Crippen LogP contribution is 2.22. The van der Waals surface area contributed by atoms with Crippen LogP contribution in [0.5, 0.6) is 0 Å². The third kappa shape index (κ3) is 7.94. The second-order valence-corrected chi connectivity index (χ2v) is 7.93. The summed E-state index contributed by atoms with van der Waals surface area (Å²) in [7, 11) is 1.81. The minimum absolute atomic E-state index is 0. The predicted molar refractivity (Wildman–Crippen MR) is 124 cm³/mol. The first kappa shape index (κ1) is 24.1. The maximum atomic E-state index is 13.5. The van der Waals surface area contributed by atoms with Gasteiger partial charge in [0.2, 0.25) is 0 Å². The molecule has 1 aliphatic heterocycles. The Labute approximate surface area is 181 Å². The Morgan fingerprint density at radius 3 is 2.59 bits per heavy atom. The van der Waals surface area contributed by atoms with E-state index in [0.29, 0.717) is 12.6 Å². The minimum Gasteiger partial charge on any atom is -0.356 e. The lowest BCUT2D eigenvalue weighted by atomic mass is 9.84. The molecule has 0 aliphatic carbocycles. The highest BCUT2D eigenvalue weighted by Gasteiger charge is 2.23. The third-order valence-electron chi connectivity index (χ3n) is 5.28. The number of halogens is 2. The average Bonchev–Trinajstić information content (AvgIpc) is 2.64. The first-order chi connectivity index (χ1) is 12.4. The minimum atomic E-state index is -0.187. The van der Waals surface area contributed by atoms with Crippen LogP contribution in [0.4, 0.5) is 4.39 Å². The smallest absolute Gasteiger partial charge is 0.191 e. The zero-order valence-electron chi connectivity index (χ0n) is 17.2. The van der Waals surface area contributed by atoms with Crippen LogP contribution in [-0.2, 0) is 5.41 Å². The van der Waals surface area contributed by atoms with Crippen LogP contribution in [0.2, 0.25) is 0 Å². The first-order valence-electron chi connectivity index (χ1n) is 9.90. The van der Waals surface area contributed by atoms with Crippen molar-refractivity contribution < 1.29 is 4.39 Å². The van der Waals surface area contributed by atoms with Crippen molar-refractivity contribution in [3.05, 3.63) is 35.6 Å². The van der Waals surface area contributed by atoms with Gasteiger partial charge in [0.15, 0.2) is 5.96 Å². The Morgan fingerprint density at radius 2 is 2.00 bits per heavy atom. The van der Waals surface area contributed by atoms with E-state index >= 15 is 0 Å². The molecule has 0 saturated carbocycles. The van der Waals surface area contributed by atoms with Gasteiger partial charge in [-0.05, 0) is 43.5 Å². The van der Waals surface area contributed by atoms with E-state index in [1.54, 1.807) is 19.2 Å². The van der Waals surface area contributed by atoms with Gasteiger partial charge in [-0.25, -0.2) is 4.39 Å². The van der Waals surface area contributed by atoms with Crippen LogP contribution in [0, 0.1) is 5.82 Å². The monoisotopic (exact) mass is 490 g/mol. The number of nitrogens with zero attached hydrogens (tertiary/aromatic N) is 2. The van der Waals surface area contributed by atoms with Gasteiger partial charge in [-0.2, -0.15) is 0 Å². The normalized spacial score (nSPS) is 16.7. The Kier molecular flexibility index (Phi) is 10.6. The molecule has 1 saturated heterocycles. The molecule has 1 fully saturated rings. The molecule has 0 spiro atoms. The Bertz CT molecular complexity index is 583. The molecule has 6 heteroatoms. The molecule has 1 aliphatic rings. The number of hydrogen-bond acceptors (Lipinski definition) is 2. The summed E-state index contributed by atoms with van der Waals surface area (Å²) >= 11 is 0. The Balaban J connectivity index is 0.00000364. The van der Waals surface area contributed by atoms with Crippen LogP contribution in [-0.4, -0.2) is 50.1 Å². The predicted octanol–water partition coefficient (Wildman–Crippen LogP) is 4.15. The van der Waals surface area contributed by atoms with Crippen LogP contribution in [0.25, 0.3) is 0 Å². The fraction of sp³-hybridized carbons (Fsp3) is 0.667. The van der Waals surface area contributed by atoms with E-state index in [1.807, 2.05) is 6.07 Å². The maximum Gasteiger partial charge on any atom is 0.191 e. The lowest BCUT2D eigenvalue weighted by molar-refractivity contribution is 0.203. The van der Waals surface area contributed by atoms with E-state index in [-0.39, 0.29) is 35.2 Å². The molecule has 154 valence electrons. The van der Waals surface area contributed by atoms with Crippen molar-refractivity contribution in [3.8, 4) is 0 Å². The fourth-order valence-electron chi connectivity index (χ4n) is 3.39. The van der Waals surface area contributed by atoms with Gasteiger partial charge in [-0.3, -0.25) is 4.99 Å². The maximum absolute atomic E-state index is 13.5. The molecule has 4 nitrogen and oxygen atoms in total. The van der Waals surface area contributed by atoms with Crippen molar-refractivity contribution in [1.29, 1.82) is 0 Å². The zero-order chi connectivity index (χ0) is 19.0. The van der Waals surface area contributed by atoms with Crippen molar-refractivity contribution in [3.63, 3.8) is 0 Å².